The fourth-order valence-electron chi connectivity index (χ4n) is 1.64. The minimum absolute atomic E-state index is 0.309. The van der Waals surface area contributed by atoms with Gasteiger partial charge >= 0.3 is 0 Å². The fraction of sp³-hybridized carbons (Fsp3) is 0.462. The summed E-state index contributed by atoms with van der Waals surface area (Å²) in [6.07, 6.45) is 5.87. The molecule has 0 bridgehead atoms. The van der Waals surface area contributed by atoms with Crippen LogP contribution in [0.1, 0.15) is 37.1 Å². The van der Waals surface area contributed by atoms with Gasteiger partial charge in [-0.05, 0) is 37.9 Å². The molecule has 0 fully saturated rings. The SMILES string of the molecule is C=CCC(NCCC)c1ncccc1C. The molecule has 1 heterocycles. The normalized spacial score (nSPS) is 12.4. The van der Waals surface area contributed by atoms with Crippen molar-refractivity contribution in [3.8, 4) is 0 Å². The van der Waals surface area contributed by atoms with Crippen LogP contribution in [-0.2, 0) is 0 Å². The second-order valence-corrected chi connectivity index (χ2v) is 3.74. The van der Waals surface area contributed by atoms with Gasteiger partial charge in [0.1, 0.15) is 0 Å². The van der Waals surface area contributed by atoms with Crippen LogP contribution >= 0.6 is 0 Å². The molecule has 0 saturated carbocycles. The summed E-state index contributed by atoms with van der Waals surface area (Å²) in [5, 5.41) is 3.49. The second kappa shape index (κ2) is 6.36. The minimum atomic E-state index is 0.309. The van der Waals surface area contributed by atoms with E-state index in [2.05, 4.69) is 36.8 Å². The molecule has 1 aromatic rings. The van der Waals surface area contributed by atoms with E-state index in [1.165, 1.54) is 5.56 Å². The maximum absolute atomic E-state index is 4.44. The second-order valence-electron chi connectivity index (χ2n) is 3.74. The molecule has 15 heavy (non-hydrogen) atoms. The van der Waals surface area contributed by atoms with Crippen molar-refractivity contribution in [2.24, 2.45) is 0 Å². The van der Waals surface area contributed by atoms with Crippen LogP contribution in [0.3, 0.4) is 0 Å². The Morgan fingerprint density at radius 2 is 2.40 bits per heavy atom. The summed E-state index contributed by atoms with van der Waals surface area (Å²) >= 11 is 0. The number of aromatic nitrogens is 1. The molecule has 0 aliphatic heterocycles. The van der Waals surface area contributed by atoms with E-state index in [0.717, 1.165) is 25.1 Å². The highest BCUT2D eigenvalue weighted by atomic mass is 14.9. The van der Waals surface area contributed by atoms with Crippen LogP contribution in [0.2, 0.25) is 0 Å². The lowest BCUT2D eigenvalue weighted by Crippen LogP contribution is -2.23. The number of hydrogen-bond donors (Lipinski definition) is 1. The number of nitrogens with one attached hydrogen (secondary N) is 1. The van der Waals surface area contributed by atoms with E-state index in [0.29, 0.717) is 6.04 Å². The number of nitrogens with zero attached hydrogens (tertiary/aromatic N) is 1. The van der Waals surface area contributed by atoms with Crippen molar-refractivity contribution >= 4 is 0 Å². The maximum Gasteiger partial charge on any atom is 0.0605 e. The summed E-state index contributed by atoms with van der Waals surface area (Å²) in [6, 6.07) is 4.39. The van der Waals surface area contributed by atoms with Crippen molar-refractivity contribution in [3.05, 3.63) is 42.2 Å². The molecule has 0 aromatic carbocycles. The van der Waals surface area contributed by atoms with Crippen molar-refractivity contribution in [3.63, 3.8) is 0 Å². The molecule has 82 valence electrons. The van der Waals surface area contributed by atoms with E-state index in [9.17, 15) is 0 Å². The van der Waals surface area contributed by atoms with Crippen molar-refractivity contribution in [2.75, 3.05) is 6.54 Å². The number of rotatable bonds is 6. The van der Waals surface area contributed by atoms with E-state index in [1.54, 1.807) is 0 Å². The third-order valence-electron chi connectivity index (χ3n) is 2.42. The average Bonchev–Trinajstić information content (AvgIpc) is 2.25. The van der Waals surface area contributed by atoms with Crippen molar-refractivity contribution in [1.82, 2.24) is 10.3 Å². The summed E-state index contributed by atoms with van der Waals surface area (Å²) in [4.78, 5) is 4.44. The Morgan fingerprint density at radius 1 is 1.60 bits per heavy atom. The Bertz CT molecular complexity index is 307. The summed E-state index contributed by atoms with van der Waals surface area (Å²) in [7, 11) is 0. The first-order valence-corrected chi connectivity index (χ1v) is 5.55. The molecule has 1 N–H and O–H groups in total. The molecule has 1 atom stereocenters. The van der Waals surface area contributed by atoms with Crippen LogP contribution < -0.4 is 5.32 Å². The molecule has 2 heteroatoms. The zero-order valence-corrected chi connectivity index (χ0v) is 9.66. The molecular formula is C13H20N2. The molecule has 1 unspecified atom stereocenters. The van der Waals surface area contributed by atoms with Crippen LogP contribution in [0.25, 0.3) is 0 Å². The van der Waals surface area contributed by atoms with Gasteiger partial charge in [0.25, 0.3) is 0 Å². The molecule has 0 radical (unpaired) electrons. The zero-order valence-electron chi connectivity index (χ0n) is 9.66. The van der Waals surface area contributed by atoms with E-state index in [-0.39, 0.29) is 0 Å². The van der Waals surface area contributed by atoms with Gasteiger partial charge < -0.3 is 5.32 Å². The lowest BCUT2D eigenvalue weighted by molar-refractivity contribution is 0.523. The van der Waals surface area contributed by atoms with Gasteiger partial charge in [0.15, 0.2) is 0 Å². The van der Waals surface area contributed by atoms with Gasteiger partial charge in [-0.2, -0.15) is 0 Å². The van der Waals surface area contributed by atoms with Crippen LogP contribution in [-0.4, -0.2) is 11.5 Å². The Balaban J connectivity index is 2.78. The van der Waals surface area contributed by atoms with Crippen LogP contribution in [0.15, 0.2) is 31.0 Å². The fourth-order valence-corrected chi connectivity index (χ4v) is 1.64. The van der Waals surface area contributed by atoms with Gasteiger partial charge in [-0.3, -0.25) is 4.98 Å². The molecule has 1 rings (SSSR count). The standard InChI is InChI=1S/C13H20N2/c1-4-7-12(14-9-5-2)13-11(3)8-6-10-15-13/h4,6,8,10,12,14H,1,5,7,9H2,2-3H3. The molecule has 2 nitrogen and oxygen atoms in total. The van der Waals surface area contributed by atoms with E-state index in [1.807, 2.05) is 18.3 Å². The summed E-state index contributed by atoms with van der Waals surface area (Å²) in [6.45, 7) is 9.09. The smallest absolute Gasteiger partial charge is 0.0605 e. The highest BCUT2D eigenvalue weighted by molar-refractivity contribution is 5.21. The predicted molar refractivity (Wildman–Crippen MR) is 64.8 cm³/mol. The van der Waals surface area contributed by atoms with Crippen molar-refractivity contribution in [1.29, 1.82) is 0 Å². The molecule has 0 aliphatic carbocycles. The average molecular weight is 204 g/mol. The first-order chi connectivity index (χ1) is 7.29. The lowest BCUT2D eigenvalue weighted by Gasteiger charge is -2.17. The Hall–Kier alpha value is -1.15. The summed E-state index contributed by atoms with van der Waals surface area (Å²) < 4.78 is 0. The maximum atomic E-state index is 4.44. The van der Waals surface area contributed by atoms with Gasteiger partial charge in [0.05, 0.1) is 11.7 Å². The first kappa shape index (κ1) is 11.9. The van der Waals surface area contributed by atoms with Crippen LogP contribution in [0, 0.1) is 6.92 Å². The molecule has 0 spiro atoms. The first-order valence-electron chi connectivity index (χ1n) is 5.55. The predicted octanol–water partition coefficient (Wildman–Crippen LogP) is 3.01. The highest BCUT2D eigenvalue weighted by Crippen LogP contribution is 2.18. The van der Waals surface area contributed by atoms with E-state index >= 15 is 0 Å². The Morgan fingerprint density at radius 3 is 3.00 bits per heavy atom. The van der Waals surface area contributed by atoms with Gasteiger partial charge in [0, 0.05) is 6.20 Å². The summed E-state index contributed by atoms with van der Waals surface area (Å²) in [5.74, 6) is 0. The Labute approximate surface area is 92.4 Å². The zero-order chi connectivity index (χ0) is 11.1. The highest BCUT2D eigenvalue weighted by Gasteiger charge is 2.11. The topological polar surface area (TPSA) is 24.9 Å². The number of aryl methyl sites for hydroxylation is 1. The van der Waals surface area contributed by atoms with Crippen LogP contribution in [0.4, 0.5) is 0 Å². The minimum Gasteiger partial charge on any atom is -0.308 e. The number of hydrogen-bond acceptors (Lipinski definition) is 2. The third kappa shape index (κ3) is 3.48. The van der Waals surface area contributed by atoms with Gasteiger partial charge in [-0.1, -0.05) is 19.1 Å². The third-order valence-corrected chi connectivity index (χ3v) is 2.42. The van der Waals surface area contributed by atoms with Crippen molar-refractivity contribution < 1.29 is 0 Å². The lowest BCUT2D eigenvalue weighted by atomic mass is 10.1. The van der Waals surface area contributed by atoms with Gasteiger partial charge in [-0.25, -0.2) is 0 Å². The monoisotopic (exact) mass is 204 g/mol. The van der Waals surface area contributed by atoms with E-state index in [4.69, 9.17) is 0 Å². The number of pyridine rings is 1. The Kier molecular flexibility index (Phi) is 5.05. The largest absolute Gasteiger partial charge is 0.308 e. The van der Waals surface area contributed by atoms with Gasteiger partial charge in [0.2, 0.25) is 0 Å². The quantitative estimate of drug-likeness (QED) is 0.720. The van der Waals surface area contributed by atoms with Crippen molar-refractivity contribution in [2.45, 2.75) is 32.7 Å². The molecule has 0 saturated heterocycles. The molecule has 0 aliphatic rings. The van der Waals surface area contributed by atoms with Gasteiger partial charge in [-0.15, -0.1) is 6.58 Å². The molecule has 1 aromatic heterocycles. The molecular weight excluding hydrogens is 184 g/mol. The molecule has 0 amide bonds. The van der Waals surface area contributed by atoms with Crippen LogP contribution in [0.5, 0.6) is 0 Å². The van der Waals surface area contributed by atoms with E-state index < -0.39 is 0 Å². The summed E-state index contributed by atoms with van der Waals surface area (Å²) in [5.41, 5.74) is 2.39.